The summed E-state index contributed by atoms with van der Waals surface area (Å²) in [5.74, 6) is 0. The highest BCUT2D eigenvalue weighted by Gasteiger charge is 1.81. The van der Waals surface area contributed by atoms with Crippen molar-refractivity contribution in [2.45, 2.75) is 0 Å². The van der Waals surface area contributed by atoms with Gasteiger partial charge in [0.15, 0.2) is 0 Å². The Hall–Kier alpha value is 0.580. The Morgan fingerprint density at radius 3 is 2.50 bits per heavy atom. The number of hydrogen-bond donors (Lipinski definition) is 1. The predicted molar refractivity (Wildman–Crippen MR) is 26.9 cm³/mol. The molecule has 5 heteroatoms. The zero-order valence-electron chi connectivity index (χ0n) is 3.05. The fraction of sp³-hybridized carbons (Fsp3) is 1.00. The molecule has 0 aliphatic rings. The molecule has 2 unspecified atom stereocenters. The third kappa shape index (κ3) is 4.58. The minimum absolute atomic E-state index is 0.230. The van der Waals surface area contributed by atoms with Crippen LogP contribution in [0.3, 0.4) is 0 Å². The summed E-state index contributed by atoms with van der Waals surface area (Å²) < 4.78 is 13.7. The zero-order valence-corrected chi connectivity index (χ0v) is 5.20. The van der Waals surface area contributed by atoms with Crippen molar-refractivity contribution >= 4 is 17.5 Å². The van der Waals surface area contributed by atoms with E-state index in [4.69, 9.17) is 4.89 Å². The molecule has 0 saturated heterocycles. The smallest absolute Gasteiger partial charge is 0.316 e. The summed E-state index contributed by atoms with van der Waals surface area (Å²) in [7, 11) is -0.490. The van der Waals surface area contributed by atoms with E-state index in [1.54, 1.807) is 0 Å². The standard InChI is InChI=1S/CH6O3P2/c2-6(3)4-1-5/h6H,1,5H2,(H,2,3). The van der Waals surface area contributed by atoms with E-state index in [2.05, 4.69) is 13.8 Å². The lowest BCUT2D eigenvalue weighted by Gasteiger charge is -1.86. The third-order valence-corrected chi connectivity index (χ3v) is 1.12. The van der Waals surface area contributed by atoms with Gasteiger partial charge in [0.25, 0.3) is 0 Å². The first-order chi connectivity index (χ1) is 2.77. The fourth-order valence-corrected chi connectivity index (χ4v) is 0.642. The number of rotatable bonds is 2. The van der Waals surface area contributed by atoms with Gasteiger partial charge >= 0.3 is 8.25 Å². The van der Waals surface area contributed by atoms with Crippen LogP contribution in [0, 0.1) is 0 Å². The molecule has 0 spiro atoms. The van der Waals surface area contributed by atoms with Gasteiger partial charge in [0, 0.05) is 0 Å². The van der Waals surface area contributed by atoms with E-state index in [0.717, 1.165) is 0 Å². The van der Waals surface area contributed by atoms with Crippen molar-refractivity contribution < 1.29 is 14.0 Å². The first-order valence-corrected chi connectivity index (χ1v) is 3.41. The van der Waals surface area contributed by atoms with Gasteiger partial charge < -0.3 is 9.42 Å². The molecular weight excluding hydrogens is 122 g/mol. The molecule has 0 bridgehead atoms. The van der Waals surface area contributed by atoms with Crippen molar-refractivity contribution in [3.63, 3.8) is 0 Å². The van der Waals surface area contributed by atoms with Crippen molar-refractivity contribution in [3.8, 4) is 0 Å². The first kappa shape index (κ1) is 6.58. The van der Waals surface area contributed by atoms with Crippen LogP contribution in [-0.4, -0.2) is 11.2 Å². The summed E-state index contributed by atoms with van der Waals surface area (Å²) in [6.45, 7) is 0. The molecule has 0 rings (SSSR count). The van der Waals surface area contributed by atoms with Crippen molar-refractivity contribution in [2.75, 3.05) is 6.35 Å². The van der Waals surface area contributed by atoms with Crippen molar-refractivity contribution in [3.05, 3.63) is 0 Å². The van der Waals surface area contributed by atoms with Gasteiger partial charge in [0.2, 0.25) is 0 Å². The SMILES string of the molecule is O=[PH](O)OCP. The molecule has 1 N–H and O–H groups in total. The molecule has 6 heavy (non-hydrogen) atoms. The van der Waals surface area contributed by atoms with Crippen LogP contribution >= 0.6 is 17.5 Å². The summed E-state index contributed by atoms with van der Waals surface area (Å²) in [4.78, 5) is 7.86. The Bertz CT molecular complexity index is 52.8. The van der Waals surface area contributed by atoms with Crippen LogP contribution in [0.15, 0.2) is 0 Å². The molecule has 0 aromatic heterocycles. The largest absolute Gasteiger partial charge is 0.326 e. The van der Waals surface area contributed by atoms with Gasteiger partial charge in [-0.15, -0.1) is 9.24 Å². The van der Waals surface area contributed by atoms with Crippen LogP contribution in [0.4, 0.5) is 0 Å². The van der Waals surface area contributed by atoms with Crippen molar-refractivity contribution in [2.24, 2.45) is 0 Å². The highest BCUT2D eigenvalue weighted by atomic mass is 31.1. The van der Waals surface area contributed by atoms with Gasteiger partial charge in [-0.3, -0.25) is 4.57 Å². The Labute approximate surface area is 38.9 Å². The van der Waals surface area contributed by atoms with E-state index in [1.807, 2.05) is 0 Å². The average Bonchev–Trinajstić information content (AvgIpc) is 1.35. The van der Waals surface area contributed by atoms with Crippen LogP contribution in [0.1, 0.15) is 0 Å². The lowest BCUT2D eigenvalue weighted by molar-refractivity contribution is 0.331. The maximum atomic E-state index is 9.55. The minimum atomic E-state index is -2.66. The summed E-state index contributed by atoms with van der Waals surface area (Å²) in [5, 5.41) is 0. The summed E-state index contributed by atoms with van der Waals surface area (Å²) in [6, 6.07) is 0. The topological polar surface area (TPSA) is 46.5 Å². The maximum absolute atomic E-state index is 9.55. The quantitative estimate of drug-likeness (QED) is 0.541. The Morgan fingerprint density at radius 1 is 2.00 bits per heavy atom. The van der Waals surface area contributed by atoms with E-state index in [-0.39, 0.29) is 6.35 Å². The van der Waals surface area contributed by atoms with Crippen LogP contribution in [-0.2, 0) is 9.09 Å². The normalized spacial score (nSPS) is 14.3. The lowest BCUT2D eigenvalue weighted by Crippen LogP contribution is -1.67. The van der Waals surface area contributed by atoms with E-state index in [9.17, 15) is 4.57 Å². The average molecular weight is 128 g/mol. The van der Waals surface area contributed by atoms with E-state index in [1.165, 1.54) is 0 Å². The maximum Gasteiger partial charge on any atom is 0.316 e. The van der Waals surface area contributed by atoms with Gasteiger partial charge in [-0.05, 0) is 0 Å². The molecule has 0 fully saturated rings. The number of hydrogen-bond acceptors (Lipinski definition) is 2. The van der Waals surface area contributed by atoms with E-state index in [0.29, 0.717) is 0 Å². The summed E-state index contributed by atoms with van der Waals surface area (Å²) in [6.07, 6.45) is 0.230. The Kier molecular flexibility index (Phi) is 4.12. The second-order valence-corrected chi connectivity index (χ2v) is 1.73. The molecule has 38 valence electrons. The Balaban J connectivity index is 2.83. The molecule has 0 saturated carbocycles. The Morgan fingerprint density at radius 2 is 2.50 bits per heavy atom. The second-order valence-electron chi connectivity index (χ2n) is 0.577. The van der Waals surface area contributed by atoms with Gasteiger partial charge in [0.1, 0.15) is 0 Å². The highest BCUT2D eigenvalue weighted by Crippen LogP contribution is 2.14. The monoisotopic (exact) mass is 128 g/mol. The van der Waals surface area contributed by atoms with Crippen LogP contribution in [0.25, 0.3) is 0 Å². The van der Waals surface area contributed by atoms with Crippen LogP contribution < -0.4 is 0 Å². The third-order valence-electron chi connectivity index (χ3n) is 0.207. The molecular formula is CH6O3P2. The molecule has 0 aromatic rings. The summed E-state index contributed by atoms with van der Waals surface area (Å²) >= 11 is 0. The minimum Gasteiger partial charge on any atom is -0.326 e. The first-order valence-electron chi connectivity index (χ1n) is 1.33. The molecule has 3 nitrogen and oxygen atoms in total. The molecule has 0 radical (unpaired) electrons. The van der Waals surface area contributed by atoms with Gasteiger partial charge in [-0.1, -0.05) is 0 Å². The van der Waals surface area contributed by atoms with Crippen molar-refractivity contribution in [1.29, 1.82) is 0 Å². The highest BCUT2D eigenvalue weighted by molar-refractivity contribution is 7.32. The fourth-order valence-electron chi connectivity index (χ4n) is 0.0713. The van der Waals surface area contributed by atoms with Crippen molar-refractivity contribution in [1.82, 2.24) is 0 Å². The molecule has 2 atom stereocenters. The molecule has 0 heterocycles. The molecule has 0 aliphatic heterocycles. The second kappa shape index (κ2) is 3.76. The lowest BCUT2D eigenvalue weighted by atomic mass is 11.7. The van der Waals surface area contributed by atoms with Gasteiger partial charge in [-0.2, -0.15) is 0 Å². The van der Waals surface area contributed by atoms with Crippen LogP contribution in [0.2, 0.25) is 0 Å². The van der Waals surface area contributed by atoms with E-state index >= 15 is 0 Å². The van der Waals surface area contributed by atoms with Gasteiger partial charge in [-0.25, -0.2) is 0 Å². The zero-order chi connectivity index (χ0) is 4.99. The van der Waals surface area contributed by atoms with Crippen LogP contribution in [0.5, 0.6) is 0 Å². The molecule has 0 amide bonds. The van der Waals surface area contributed by atoms with E-state index < -0.39 is 8.25 Å². The summed E-state index contributed by atoms with van der Waals surface area (Å²) in [5.41, 5.74) is 0. The molecule has 0 aliphatic carbocycles. The van der Waals surface area contributed by atoms with Gasteiger partial charge in [0.05, 0.1) is 6.35 Å². The molecule has 0 aromatic carbocycles. The predicted octanol–water partition coefficient (Wildman–Crippen LogP) is 0.218.